The van der Waals surface area contributed by atoms with Crippen LogP contribution in [-0.2, 0) is 0 Å². The van der Waals surface area contributed by atoms with Crippen LogP contribution in [0.15, 0.2) is 6.20 Å². The first kappa shape index (κ1) is 8.77. The summed E-state index contributed by atoms with van der Waals surface area (Å²) in [5, 5.41) is 9.29. The molecule has 1 heterocycles. The molecule has 1 amide bonds. The molecule has 66 valence electrons. The van der Waals surface area contributed by atoms with Crippen LogP contribution in [0, 0.1) is 6.92 Å². The minimum atomic E-state index is -0.0729. The molecule has 2 N–H and O–H groups in total. The Hall–Kier alpha value is -1.32. The summed E-state index contributed by atoms with van der Waals surface area (Å²) in [7, 11) is 0. The van der Waals surface area contributed by atoms with Gasteiger partial charge in [0, 0.05) is 12.2 Å². The molecular weight excluding hydrogens is 154 g/mol. The fraction of sp³-hybridized carbons (Fsp3) is 0.500. The van der Waals surface area contributed by atoms with Gasteiger partial charge in [0.1, 0.15) is 0 Å². The predicted molar refractivity (Wildman–Crippen MR) is 45.9 cm³/mol. The minimum Gasteiger partial charge on any atom is -0.350 e. The summed E-state index contributed by atoms with van der Waals surface area (Å²) in [4.78, 5) is 11.4. The third-order valence-corrected chi connectivity index (χ3v) is 1.50. The van der Waals surface area contributed by atoms with Gasteiger partial charge in [-0.15, -0.1) is 0 Å². The lowest BCUT2D eigenvalue weighted by Gasteiger charge is -2.06. The molecule has 12 heavy (non-hydrogen) atoms. The SMILES string of the molecule is Cc1n[nH]cc1C(=O)NC(C)C. The summed E-state index contributed by atoms with van der Waals surface area (Å²) in [6.07, 6.45) is 1.60. The Morgan fingerprint density at radius 2 is 2.33 bits per heavy atom. The first-order valence-corrected chi connectivity index (χ1v) is 3.92. The van der Waals surface area contributed by atoms with Gasteiger partial charge in [0.05, 0.1) is 11.3 Å². The molecule has 0 unspecified atom stereocenters. The van der Waals surface area contributed by atoms with Gasteiger partial charge >= 0.3 is 0 Å². The van der Waals surface area contributed by atoms with Gasteiger partial charge in [-0.25, -0.2) is 0 Å². The molecule has 0 aliphatic rings. The Balaban J connectivity index is 2.72. The molecule has 0 spiro atoms. The van der Waals surface area contributed by atoms with Crippen LogP contribution >= 0.6 is 0 Å². The molecule has 1 aromatic heterocycles. The van der Waals surface area contributed by atoms with Crippen molar-refractivity contribution in [2.24, 2.45) is 0 Å². The van der Waals surface area contributed by atoms with E-state index in [-0.39, 0.29) is 11.9 Å². The van der Waals surface area contributed by atoms with Gasteiger partial charge in [-0.1, -0.05) is 0 Å². The highest BCUT2D eigenvalue weighted by Gasteiger charge is 2.10. The fourth-order valence-electron chi connectivity index (χ4n) is 0.928. The van der Waals surface area contributed by atoms with Crippen molar-refractivity contribution < 1.29 is 4.79 Å². The lowest BCUT2D eigenvalue weighted by atomic mass is 10.2. The standard InChI is InChI=1S/C8H13N3O/c1-5(2)10-8(12)7-4-9-11-6(7)3/h4-5H,1-3H3,(H,9,11)(H,10,12). The Labute approximate surface area is 71.4 Å². The monoisotopic (exact) mass is 167 g/mol. The molecule has 0 atom stereocenters. The highest BCUT2D eigenvalue weighted by molar-refractivity contribution is 5.95. The summed E-state index contributed by atoms with van der Waals surface area (Å²) in [5.41, 5.74) is 1.34. The van der Waals surface area contributed by atoms with Crippen molar-refractivity contribution in [1.82, 2.24) is 15.5 Å². The number of aryl methyl sites for hydroxylation is 1. The van der Waals surface area contributed by atoms with Crippen molar-refractivity contribution in [1.29, 1.82) is 0 Å². The molecule has 1 rings (SSSR count). The van der Waals surface area contributed by atoms with Crippen molar-refractivity contribution in [3.05, 3.63) is 17.5 Å². The zero-order valence-electron chi connectivity index (χ0n) is 7.51. The highest BCUT2D eigenvalue weighted by Crippen LogP contribution is 2.01. The van der Waals surface area contributed by atoms with E-state index in [1.54, 1.807) is 13.1 Å². The van der Waals surface area contributed by atoms with Crippen LogP contribution in [0.3, 0.4) is 0 Å². The molecule has 0 saturated carbocycles. The maximum absolute atomic E-state index is 11.4. The average Bonchev–Trinajstić information content (AvgIpc) is 2.33. The summed E-state index contributed by atoms with van der Waals surface area (Å²) in [6.45, 7) is 5.65. The third kappa shape index (κ3) is 1.84. The second-order valence-corrected chi connectivity index (χ2v) is 3.01. The predicted octanol–water partition coefficient (Wildman–Crippen LogP) is 0.856. The molecule has 4 nitrogen and oxygen atoms in total. The van der Waals surface area contributed by atoms with Crippen molar-refractivity contribution in [3.63, 3.8) is 0 Å². The van der Waals surface area contributed by atoms with E-state index in [9.17, 15) is 4.79 Å². The van der Waals surface area contributed by atoms with E-state index < -0.39 is 0 Å². The number of rotatable bonds is 2. The number of hydrogen-bond acceptors (Lipinski definition) is 2. The second kappa shape index (κ2) is 3.38. The van der Waals surface area contributed by atoms with E-state index in [4.69, 9.17) is 0 Å². The number of carbonyl (C=O) groups excluding carboxylic acids is 1. The lowest BCUT2D eigenvalue weighted by Crippen LogP contribution is -2.30. The Morgan fingerprint density at radius 3 is 2.75 bits per heavy atom. The fourth-order valence-corrected chi connectivity index (χ4v) is 0.928. The number of aromatic nitrogens is 2. The number of amides is 1. The van der Waals surface area contributed by atoms with E-state index in [0.717, 1.165) is 5.69 Å². The smallest absolute Gasteiger partial charge is 0.254 e. The lowest BCUT2D eigenvalue weighted by molar-refractivity contribution is 0.0942. The summed E-state index contributed by atoms with van der Waals surface area (Å²) >= 11 is 0. The molecule has 0 aromatic carbocycles. The van der Waals surface area contributed by atoms with Crippen molar-refractivity contribution in [2.75, 3.05) is 0 Å². The number of aromatic amines is 1. The van der Waals surface area contributed by atoms with Gasteiger partial charge in [0.2, 0.25) is 0 Å². The van der Waals surface area contributed by atoms with Gasteiger partial charge in [0.15, 0.2) is 0 Å². The average molecular weight is 167 g/mol. The quantitative estimate of drug-likeness (QED) is 0.686. The minimum absolute atomic E-state index is 0.0729. The van der Waals surface area contributed by atoms with Gasteiger partial charge < -0.3 is 5.32 Å². The van der Waals surface area contributed by atoms with Gasteiger partial charge in [-0.2, -0.15) is 5.10 Å². The van der Waals surface area contributed by atoms with E-state index >= 15 is 0 Å². The first-order valence-electron chi connectivity index (χ1n) is 3.92. The molecule has 0 saturated heterocycles. The van der Waals surface area contributed by atoms with Crippen LogP contribution in [0.2, 0.25) is 0 Å². The van der Waals surface area contributed by atoms with Crippen molar-refractivity contribution >= 4 is 5.91 Å². The van der Waals surface area contributed by atoms with E-state index in [0.29, 0.717) is 5.56 Å². The second-order valence-electron chi connectivity index (χ2n) is 3.01. The van der Waals surface area contributed by atoms with E-state index in [1.165, 1.54) is 0 Å². The number of nitrogens with zero attached hydrogens (tertiary/aromatic N) is 1. The summed E-state index contributed by atoms with van der Waals surface area (Å²) in [5.74, 6) is -0.0729. The van der Waals surface area contributed by atoms with Crippen LogP contribution in [0.4, 0.5) is 0 Å². The number of hydrogen-bond donors (Lipinski definition) is 2. The van der Waals surface area contributed by atoms with Crippen molar-refractivity contribution in [2.45, 2.75) is 26.8 Å². The van der Waals surface area contributed by atoms with Crippen LogP contribution in [0.5, 0.6) is 0 Å². The largest absolute Gasteiger partial charge is 0.350 e. The van der Waals surface area contributed by atoms with E-state index in [1.807, 2.05) is 13.8 Å². The van der Waals surface area contributed by atoms with Gasteiger partial charge in [-0.05, 0) is 20.8 Å². The van der Waals surface area contributed by atoms with Crippen molar-refractivity contribution in [3.8, 4) is 0 Å². The number of H-pyrrole nitrogens is 1. The molecule has 4 heteroatoms. The molecule has 0 aliphatic carbocycles. The van der Waals surface area contributed by atoms with Crippen LogP contribution in [-0.4, -0.2) is 22.1 Å². The van der Waals surface area contributed by atoms with Gasteiger partial charge in [0.25, 0.3) is 5.91 Å². The molecule has 0 radical (unpaired) electrons. The molecule has 0 aliphatic heterocycles. The number of carbonyl (C=O) groups is 1. The first-order chi connectivity index (χ1) is 5.61. The zero-order chi connectivity index (χ0) is 9.14. The van der Waals surface area contributed by atoms with E-state index in [2.05, 4.69) is 15.5 Å². The van der Waals surface area contributed by atoms with Gasteiger partial charge in [-0.3, -0.25) is 9.89 Å². The van der Waals surface area contributed by atoms with Crippen LogP contribution in [0.25, 0.3) is 0 Å². The van der Waals surface area contributed by atoms with Crippen LogP contribution in [0.1, 0.15) is 29.9 Å². The molecule has 0 bridgehead atoms. The maximum Gasteiger partial charge on any atom is 0.254 e. The Bertz CT molecular complexity index is 278. The molecule has 1 aromatic rings. The summed E-state index contributed by atoms with van der Waals surface area (Å²) in [6, 6.07) is 0.159. The zero-order valence-corrected chi connectivity index (χ0v) is 7.51. The normalized spacial score (nSPS) is 10.3. The topological polar surface area (TPSA) is 57.8 Å². The Morgan fingerprint density at radius 1 is 1.67 bits per heavy atom. The highest BCUT2D eigenvalue weighted by atomic mass is 16.1. The molecule has 0 fully saturated rings. The number of nitrogens with one attached hydrogen (secondary N) is 2. The van der Waals surface area contributed by atoms with Crippen LogP contribution < -0.4 is 5.32 Å². The third-order valence-electron chi connectivity index (χ3n) is 1.50. The summed E-state index contributed by atoms with van der Waals surface area (Å²) < 4.78 is 0. The molecular formula is C8H13N3O. The Kier molecular flexibility index (Phi) is 2.47. The maximum atomic E-state index is 11.4.